The molecule has 0 saturated heterocycles. The van der Waals surface area contributed by atoms with Crippen molar-refractivity contribution in [1.82, 2.24) is 4.90 Å². The Morgan fingerprint density at radius 1 is 0.375 bits per heavy atom. The highest BCUT2D eigenvalue weighted by atomic mass is 16.2. The first-order chi connectivity index (χ1) is 27.1. The Balaban J connectivity index is 1.27. The van der Waals surface area contributed by atoms with E-state index in [1.165, 1.54) is 0 Å². The molecule has 0 aliphatic rings. The summed E-state index contributed by atoms with van der Waals surface area (Å²) in [5.41, 5.74) is 11.0. The lowest BCUT2D eigenvalue weighted by Crippen LogP contribution is -2.27. The van der Waals surface area contributed by atoms with E-state index in [2.05, 4.69) is 42.9 Å². The quantitative estimate of drug-likeness (QED) is 0.0745. The molecule has 0 aliphatic heterocycles. The number of carbonyl (C=O) groups is 3. The number of carbonyl (C=O) groups excluding carboxylic acids is 3. The third-order valence-electron chi connectivity index (χ3n) is 9.15. The normalized spacial score (nSPS) is 10.7. The Bertz CT molecular complexity index is 2180. The summed E-state index contributed by atoms with van der Waals surface area (Å²) in [5.74, 6) is 0. The molecule has 0 bridgehead atoms. The lowest BCUT2D eigenvalue weighted by Gasteiger charge is -2.26. The third kappa shape index (κ3) is 11.3. The fourth-order valence-corrected chi connectivity index (χ4v) is 6.19. The summed E-state index contributed by atoms with van der Waals surface area (Å²) < 4.78 is 0. The van der Waals surface area contributed by atoms with Gasteiger partial charge in [0, 0.05) is 53.8 Å². The molecular weight excluding hydrogens is 699 g/mol. The number of hydrogen-bond acceptors (Lipinski definition) is 4. The molecule has 6 rings (SSSR count). The van der Waals surface area contributed by atoms with Crippen LogP contribution in [0.15, 0.2) is 140 Å². The van der Waals surface area contributed by atoms with Crippen LogP contribution in [0.25, 0.3) is 0 Å². The van der Waals surface area contributed by atoms with Crippen molar-refractivity contribution >= 4 is 52.2 Å². The number of para-hydroxylation sites is 2. The van der Waals surface area contributed by atoms with Crippen molar-refractivity contribution in [2.45, 2.75) is 47.3 Å². The van der Waals surface area contributed by atoms with Gasteiger partial charge in [-0.2, -0.15) is 0 Å². The monoisotopic (exact) mass is 745 g/mol. The van der Waals surface area contributed by atoms with Gasteiger partial charge in [-0.15, -0.1) is 0 Å². The van der Waals surface area contributed by atoms with E-state index in [1.54, 1.807) is 0 Å². The number of hydrogen-bond donors (Lipinski definition) is 6. The SMILES string of the molecule is Cc1ccc(NC(=O)Nc2ccccc2CN(Cc2ccccc2NC(=O)Nc2ccc(C)cc2)Cc2cc(C)ccc2NC(=O)Nc2ccc(C)cc2)cc1. The van der Waals surface area contributed by atoms with E-state index >= 15 is 0 Å². The van der Waals surface area contributed by atoms with Crippen LogP contribution in [0.5, 0.6) is 0 Å². The molecule has 0 heterocycles. The Hall–Kier alpha value is -6.91. The minimum absolute atomic E-state index is 0.353. The summed E-state index contributed by atoms with van der Waals surface area (Å²) in [6.45, 7) is 9.28. The van der Waals surface area contributed by atoms with Crippen LogP contribution in [-0.4, -0.2) is 23.0 Å². The number of urea groups is 3. The first-order valence-electron chi connectivity index (χ1n) is 18.5. The molecular formula is C46H47N7O3. The van der Waals surface area contributed by atoms with E-state index in [0.717, 1.165) is 38.9 Å². The predicted octanol–water partition coefficient (Wildman–Crippen LogP) is 11.1. The summed E-state index contributed by atoms with van der Waals surface area (Å²) in [4.78, 5) is 41.8. The number of anilines is 6. The molecule has 6 aromatic carbocycles. The molecule has 0 aromatic heterocycles. The zero-order valence-corrected chi connectivity index (χ0v) is 32.1. The first-order valence-corrected chi connectivity index (χ1v) is 18.5. The van der Waals surface area contributed by atoms with E-state index in [-0.39, 0.29) is 18.1 Å². The topological polar surface area (TPSA) is 127 Å². The van der Waals surface area contributed by atoms with Gasteiger partial charge in [-0.05, 0) is 99.0 Å². The largest absolute Gasteiger partial charge is 0.323 e. The minimum atomic E-state index is -0.355. The highest BCUT2D eigenvalue weighted by Gasteiger charge is 2.18. The highest BCUT2D eigenvalue weighted by Crippen LogP contribution is 2.27. The summed E-state index contributed by atoms with van der Waals surface area (Å²) in [7, 11) is 0. The zero-order valence-electron chi connectivity index (χ0n) is 32.1. The average molecular weight is 746 g/mol. The van der Waals surface area contributed by atoms with Gasteiger partial charge in [0.25, 0.3) is 0 Å². The maximum atomic E-state index is 13.2. The second-order valence-electron chi connectivity index (χ2n) is 14.0. The molecule has 0 fully saturated rings. The second kappa shape index (κ2) is 18.4. The Kier molecular flexibility index (Phi) is 12.8. The summed E-state index contributed by atoms with van der Waals surface area (Å²) in [6, 6.07) is 43.1. The predicted molar refractivity (Wildman–Crippen MR) is 228 cm³/mol. The molecule has 0 aliphatic carbocycles. The van der Waals surface area contributed by atoms with E-state index < -0.39 is 0 Å². The van der Waals surface area contributed by atoms with Gasteiger partial charge in [0.1, 0.15) is 0 Å². The van der Waals surface area contributed by atoms with Gasteiger partial charge < -0.3 is 31.9 Å². The second-order valence-corrected chi connectivity index (χ2v) is 14.0. The summed E-state index contributed by atoms with van der Waals surface area (Å²) in [5, 5.41) is 17.9. The number of nitrogens with zero attached hydrogens (tertiary/aromatic N) is 1. The minimum Gasteiger partial charge on any atom is -0.308 e. The van der Waals surface area contributed by atoms with Gasteiger partial charge in [0.05, 0.1) is 0 Å². The standard InChI is InChI=1S/C46H47N7O3/c1-31-13-20-38(21-14-31)47-44(54)50-41-11-7-5-9-35(41)28-53(29-36-10-6-8-12-42(36)51-45(55)48-39-22-15-32(2)16-23-39)30-37-27-34(4)19-26-43(37)52-46(56)49-40-24-17-33(3)18-25-40/h5-27H,28-30H2,1-4H3,(H2,47,50,54)(H2,48,51,55)(H2,49,52,56). The molecule has 0 unspecified atom stereocenters. The molecule has 10 nitrogen and oxygen atoms in total. The van der Waals surface area contributed by atoms with Gasteiger partial charge in [-0.1, -0.05) is 107 Å². The van der Waals surface area contributed by atoms with Gasteiger partial charge >= 0.3 is 18.1 Å². The Morgan fingerprint density at radius 3 is 1.09 bits per heavy atom. The summed E-state index contributed by atoms with van der Waals surface area (Å²) >= 11 is 0. The molecule has 0 saturated carbocycles. The maximum absolute atomic E-state index is 13.2. The molecule has 0 spiro atoms. The number of rotatable bonds is 12. The Morgan fingerprint density at radius 2 is 0.696 bits per heavy atom. The van der Waals surface area contributed by atoms with Crippen molar-refractivity contribution in [3.05, 3.63) is 178 Å². The zero-order chi connectivity index (χ0) is 39.4. The molecule has 6 aromatic rings. The van der Waals surface area contributed by atoms with Gasteiger partial charge in [0.15, 0.2) is 0 Å². The van der Waals surface area contributed by atoms with Crippen molar-refractivity contribution in [1.29, 1.82) is 0 Å². The first kappa shape index (κ1) is 38.8. The van der Waals surface area contributed by atoms with Crippen molar-refractivity contribution in [2.24, 2.45) is 0 Å². The average Bonchev–Trinajstić information content (AvgIpc) is 3.17. The van der Waals surface area contributed by atoms with E-state index in [9.17, 15) is 14.4 Å². The molecule has 10 heteroatoms. The molecule has 6 amide bonds. The number of aryl methyl sites for hydroxylation is 4. The fourth-order valence-electron chi connectivity index (χ4n) is 6.19. The smallest absolute Gasteiger partial charge is 0.308 e. The van der Waals surface area contributed by atoms with Crippen LogP contribution in [0.2, 0.25) is 0 Å². The van der Waals surface area contributed by atoms with E-state index in [4.69, 9.17) is 0 Å². The van der Waals surface area contributed by atoms with Crippen LogP contribution in [-0.2, 0) is 19.6 Å². The molecule has 284 valence electrons. The summed E-state index contributed by atoms with van der Waals surface area (Å²) in [6.07, 6.45) is 0. The van der Waals surface area contributed by atoms with Crippen molar-refractivity contribution in [3.8, 4) is 0 Å². The van der Waals surface area contributed by atoms with Crippen LogP contribution in [0.4, 0.5) is 48.5 Å². The molecule has 56 heavy (non-hydrogen) atoms. The fraction of sp³-hybridized carbons (Fsp3) is 0.152. The van der Waals surface area contributed by atoms with Gasteiger partial charge in [-0.25, -0.2) is 14.4 Å². The highest BCUT2D eigenvalue weighted by molar-refractivity contribution is 6.01. The van der Waals surface area contributed by atoms with Crippen molar-refractivity contribution in [3.63, 3.8) is 0 Å². The molecule has 6 N–H and O–H groups in total. The third-order valence-corrected chi connectivity index (χ3v) is 9.15. The van der Waals surface area contributed by atoms with E-state index in [0.29, 0.717) is 53.8 Å². The maximum Gasteiger partial charge on any atom is 0.323 e. The van der Waals surface area contributed by atoms with Crippen LogP contribution in [0, 0.1) is 27.7 Å². The van der Waals surface area contributed by atoms with E-state index in [1.807, 2.05) is 161 Å². The van der Waals surface area contributed by atoms with Crippen LogP contribution in [0.1, 0.15) is 38.9 Å². The number of amides is 6. The number of nitrogens with one attached hydrogen (secondary N) is 6. The molecule has 0 radical (unpaired) electrons. The van der Waals surface area contributed by atoms with Crippen molar-refractivity contribution in [2.75, 3.05) is 31.9 Å². The van der Waals surface area contributed by atoms with Crippen LogP contribution < -0.4 is 31.9 Å². The van der Waals surface area contributed by atoms with Gasteiger partial charge in [-0.3, -0.25) is 4.90 Å². The van der Waals surface area contributed by atoms with Crippen LogP contribution in [0.3, 0.4) is 0 Å². The molecule has 0 atom stereocenters. The Labute approximate surface area is 328 Å². The lowest BCUT2D eigenvalue weighted by atomic mass is 10.1. The number of benzene rings is 6. The van der Waals surface area contributed by atoms with Crippen LogP contribution >= 0.6 is 0 Å². The van der Waals surface area contributed by atoms with Crippen molar-refractivity contribution < 1.29 is 14.4 Å². The lowest BCUT2D eigenvalue weighted by molar-refractivity contribution is 0.248. The van der Waals surface area contributed by atoms with Gasteiger partial charge in [0.2, 0.25) is 0 Å².